The van der Waals surface area contributed by atoms with E-state index >= 15 is 0 Å². The number of thioether (sulfide) groups is 1. The number of aromatic nitrogens is 2. The Labute approximate surface area is 185 Å². The highest BCUT2D eigenvalue weighted by Gasteiger charge is 2.26. The molecule has 0 N–H and O–H groups in total. The van der Waals surface area contributed by atoms with Gasteiger partial charge in [0, 0.05) is 61.5 Å². The molecule has 8 heteroatoms. The Balaban J connectivity index is 1.40. The molecule has 0 spiro atoms. The van der Waals surface area contributed by atoms with Crippen molar-refractivity contribution in [2.75, 3.05) is 60.6 Å². The first kappa shape index (κ1) is 20.1. The van der Waals surface area contributed by atoms with Gasteiger partial charge >= 0.3 is 0 Å². The molecule has 31 heavy (non-hydrogen) atoms. The van der Waals surface area contributed by atoms with Crippen LogP contribution in [0.3, 0.4) is 0 Å². The van der Waals surface area contributed by atoms with E-state index in [0.717, 1.165) is 41.2 Å². The predicted octanol–water partition coefficient (Wildman–Crippen LogP) is 3.28. The summed E-state index contributed by atoms with van der Waals surface area (Å²) in [4.78, 5) is 19.2. The molecule has 0 atom stereocenters. The second kappa shape index (κ2) is 8.70. The van der Waals surface area contributed by atoms with Crippen LogP contribution in [0.2, 0.25) is 0 Å². The number of hydrogen-bond donors (Lipinski definition) is 0. The van der Waals surface area contributed by atoms with Crippen molar-refractivity contribution < 1.29 is 9.18 Å². The average Bonchev–Trinajstić information content (AvgIpc) is 2.84. The molecule has 3 heterocycles. The monoisotopic (exact) mass is 437 g/mol. The summed E-state index contributed by atoms with van der Waals surface area (Å²) in [6, 6.07) is 14.8. The standard InChI is InChI=1S/C23H24FN5OS/c24-19-7-3-4-8-20(19)27-9-11-28(12-10-27)22-18-6-2-1-5-17(18)21(25-26-22)23(30)29-13-15-31-16-14-29/h1-8H,9-16H2. The number of amides is 1. The number of piperazine rings is 1. The third-order valence-corrected chi connectivity index (χ3v) is 6.88. The zero-order chi connectivity index (χ0) is 21.2. The summed E-state index contributed by atoms with van der Waals surface area (Å²) >= 11 is 1.87. The van der Waals surface area contributed by atoms with Crippen molar-refractivity contribution in [3.8, 4) is 0 Å². The number of carbonyl (C=O) groups excluding carboxylic acids is 1. The third kappa shape index (κ3) is 3.92. The van der Waals surface area contributed by atoms with Crippen molar-refractivity contribution in [1.29, 1.82) is 0 Å². The third-order valence-electron chi connectivity index (χ3n) is 5.94. The van der Waals surface area contributed by atoms with Gasteiger partial charge in [-0.1, -0.05) is 36.4 Å². The van der Waals surface area contributed by atoms with Gasteiger partial charge in [0.1, 0.15) is 5.82 Å². The van der Waals surface area contributed by atoms with Crippen LogP contribution in [0.4, 0.5) is 15.9 Å². The Bertz CT molecular complexity index is 1100. The van der Waals surface area contributed by atoms with Crippen LogP contribution in [0.15, 0.2) is 48.5 Å². The lowest BCUT2D eigenvalue weighted by Crippen LogP contribution is -2.47. The molecule has 0 radical (unpaired) electrons. The van der Waals surface area contributed by atoms with Gasteiger partial charge in [-0.15, -0.1) is 10.2 Å². The van der Waals surface area contributed by atoms with Gasteiger partial charge < -0.3 is 14.7 Å². The Morgan fingerprint density at radius 2 is 1.45 bits per heavy atom. The van der Waals surface area contributed by atoms with Crippen molar-refractivity contribution in [2.45, 2.75) is 0 Å². The highest BCUT2D eigenvalue weighted by Crippen LogP contribution is 2.29. The molecule has 160 valence electrons. The Morgan fingerprint density at radius 3 is 2.19 bits per heavy atom. The first-order chi connectivity index (χ1) is 15.2. The van der Waals surface area contributed by atoms with Gasteiger partial charge in [-0.05, 0) is 12.1 Å². The summed E-state index contributed by atoms with van der Waals surface area (Å²) in [5.41, 5.74) is 1.06. The molecular formula is C23H24FN5OS. The molecule has 5 rings (SSSR count). The average molecular weight is 438 g/mol. The van der Waals surface area contributed by atoms with Crippen molar-refractivity contribution in [1.82, 2.24) is 15.1 Å². The second-order valence-electron chi connectivity index (χ2n) is 7.75. The van der Waals surface area contributed by atoms with Crippen LogP contribution in [-0.4, -0.2) is 71.8 Å². The van der Waals surface area contributed by atoms with Crippen LogP contribution < -0.4 is 9.80 Å². The molecule has 0 saturated carbocycles. The van der Waals surface area contributed by atoms with Crippen LogP contribution in [0.25, 0.3) is 10.8 Å². The van der Waals surface area contributed by atoms with Gasteiger partial charge in [0.05, 0.1) is 5.69 Å². The van der Waals surface area contributed by atoms with E-state index < -0.39 is 0 Å². The van der Waals surface area contributed by atoms with E-state index in [1.54, 1.807) is 6.07 Å². The van der Waals surface area contributed by atoms with Crippen LogP contribution in [0.1, 0.15) is 10.5 Å². The number of para-hydroxylation sites is 1. The normalized spacial score (nSPS) is 17.3. The Morgan fingerprint density at radius 1 is 0.806 bits per heavy atom. The molecule has 2 aliphatic rings. The van der Waals surface area contributed by atoms with Gasteiger partial charge in [-0.25, -0.2) is 4.39 Å². The lowest BCUT2D eigenvalue weighted by Gasteiger charge is -2.37. The van der Waals surface area contributed by atoms with Gasteiger partial charge in [-0.2, -0.15) is 11.8 Å². The van der Waals surface area contributed by atoms with Crippen LogP contribution in [0.5, 0.6) is 0 Å². The van der Waals surface area contributed by atoms with E-state index in [0.29, 0.717) is 37.6 Å². The maximum Gasteiger partial charge on any atom is 0.275 e. The van der Waals surface area contributed by atoms with E-state index in [9.17, 15) is 9.18 Å². The van der Waals surface area contributed by atoms with Crippen LogP contribution in [-0.2, 0) is 0 Å². The molecule has 0 aliphatic carbocycles. The molecule has 3 aromatic rings. The molecular weight excluding hydrogens is 413 g/mol. The van der Waals surface area contributed by atoms with Crippen molar-refractivity contribution in [3.63, 3.8) is 0 Å². The summed E-state index contributed by atoms with van der Waals surface area (Å²) < 4.78 is 14.2. The van der Waals surface area contributed by atoms with Gasteiger partial charge in [0.25, 0.3) is 5.91 Å². The maximum absolute atomic E-state index is 14.2. The molecule has 2 fully saturated rings. The van der Waals surface area contributed by atoms with E-state index in [1.807, 2.05) is 53.1 Å². The summed E-state index contributed by atoms with van der Waals surface area (Å²) in [6.07, 6.45) is 0. The van der Waals surface area contributed by atoms with Crippen LogP contribution in [0, 0.1) is 5.82 Å². The fourth-order valence-electron chi connectivity index (χ4n) is 4.26. The Hall–Kier alpha value is -2.87. The smallest absolute Gasteiger partial charge is 0.275 e. The van der Waals surface area contributed by atoms with Crippen molar-refractivity contribution >= 4 is 39.9 Å². The fourth-order valence-corrected chi connectivity index (χ4v) is 5.17. The number of carbonyl (C=O) groups is 1. The number of nitrogens with zero attached hydrogens (tertiary/aromatic N) is 5. The molecule has 2 aromatic carbocycles. The highest BCUT2D eigenvalue weighted by atomic mass is 32.2. The summed E-state index contributed by atoms with van der Waals surface area (Å²) in [6.45, 7) is 4.32. The van der Waals surface area contributed by atoms with Crippen molar-refractivity contribution in [2.24, 2.45) is 0 Å². The fraction of sp³-hybridized carbons (Fsp3) is 0.348. The predicted molar refractivity (Wildman–Crippen MR) is 124 cm³/mol. The number of anilines is 2. The molecule has 2 aliphatic heterocycles. The molecule has 0 bridgehead atoms. The molecule has 0 unspecified atom stereocenters. The van der Waals surface area contributed by atoms with Gasteiger partial charge in [0.2, 0.25) is 0 Å². The van der Waals surface area contributed by atoms with Crippen LogP contribution >= 0.6 is 11.8 Å². The minimum absolute atomic E-state index is 0.0417. The lowest BCUT2D eigenvalue weighted by molar-refractivity contribution is 0.0767. The number of fused-ring (bicyclic) bond motifs is 1. The summed E-state index contributed by atoms with van der Waals surface area (Å²) in [7, 11) is 0. The first-order valence-corrected chi connectivity index (χ1v) is 11.7. The van der Waals surface area contributed by atoms with Gasteiger partial charge in [0.15, 0.2) is 11.5 Å². The number of hydrogen-bond acceptors (Lipinski definition) is 6. The summed E-state index contributed by atoms with van der Waals surface area (Å²) in [5.74, 6) is 2.47. The minimum Gasteiger partial charge on any atom is -0.366 e. The van der Waals surface area contributed by atoms with E-state index in [2.05, 4.69) is 20.0 Å². The first-order valence-electron chi connectivity index (χ1n) is 10.6. The molecule has 6 nitrogen and oxygen atoms in total. The zero-order valence-electron chi connectivity index (χ0n) is 17.2. The topological polar surface area (TPSA) is 52.6 Å². The van der Waals surface area contributed by atoms with E-state index in [-0.39, 0.29) is 11.7 Å². The lowest BCUT2D eigenvalue weighted by atomic mass is 10.1. The quantitative estimate of drug-likeness (QED) is 0.627. The maximum atomic E-state index is 14.2. The Kier molecular flexibility index (Phi) is 5.63. The summed E-state index contributed by atoms with van der Waals surface area (Å²) in [5, 5.41) is 10.7. The second-order valence-corrected chi connectivity index (χ2v) is 8.97. The van der Waals surface area contributed by atoms with Gasteiger partial charge in [-0.3, -0.25) is 4.79 Å². The molecule has 2 saturated heterocycles. The number of benzene rings is 2. The largest absolute Gasteiger partial charge is 0.366 e. The van der Waals surface area contributed by atoms with Crippen molar-refractivity contribution in [3.05, 3.63) is 60.0 Å². The highest BCUT2D eigenvalue weighted by molar-refractivity contribution is 7.99. The SMILES string of the molecule is O=C(c1nnc(N2CCN(c3ccccc3F)CC2)c2ccccc12)N1CCSCC1. The number of halogens is 1. The van der Waals surface area contributed by atoms with E-state index in [4.69, 9.17) is 0 Å². The minimum atomic E-state index is -0.194. The zero-order valence-corrected chi connectivity index (χ0v) is 18.0. The molecule has 1 amide bonds. The molecule has 1 aromatic heterocycles. The van der Waals surface area contributed by atoms with E-state index in [1.165, 1.54) is 6.07 Å². The number of rotatable bonds is 3.